The maximum Gasteiger partial charge on any atom is 0.244 e. The lowest BCUT2D eigenvalue weighted by molar-refractivity contribution is -0.136. The van der Waals surface area contributed by atoms with E-state index in [1.807, 2.05) is 0 Å². The van der Waals surface area contributed by atoms with Crippen LogP contribution in [0.5, 0.6) is 0 Å². The van der Waals surface area contributed by atoms with Crippen LogP contribution in [0.3, 0.4) is 0 Å². The predicted octanol–water partition coefficient (Wildman–Crippen LogP) is 1.77. The number of amides is 1. The molecule has 4 heteroatoms. The Morgan fingerprint density at radius 3 is 2.47 bits per heavy atom. The first-order valence-corrected chi connectivity index (χ1v) is 7.95. The van der Waals surface area contributed by atoms with E-state index >= 15 is 0 Å². The molecule has 3 aliphatic rings. The number of nitrogens with zero attached hydrogens (tertiary/aromatic N) is 1. The zero-order valence-electron chi connectivity index (χ0n) is 11.9. The van der Waals surface area contributed by atoms with Crippen LogP contribution in [0.1, 0.15) is 64.7 Å². The Kier molecular flexibility index (Phi) is 3.56. The van der Waals surface area contributed by atoms with Crippen molar-refractivity contribution in [2.75, 3.05) is 0 Å². The van der Waals surface area contributed by atoms with Crippen LogP contribution in [0, 0.1) is 0 Å². The summed E-state index contributed by atoms with van der Waals surface area (Å²) in [6.07, 6.45) is 9.01. The van der Waals surface area contributed by atoms with Crippen LogP contribution in [0.4, 0.5) is 0 Å². The van der Waals surface area contributed by atoms with E-state index in [-0.39, 0.29) is 17.8 Å². The summed E-state index contributed by atoms with van der Waals surface area (Å²) < 4.78 is 0. The van der Waals surface area contributed by atoms with Gasteiger partial charge in [-0.2, -0.15) is 0 Å². The molecule has 1 heterocycles. The average molecular weight is 266 g/mol. The number of carbonyl (C=O) groups excluding carboxylic acids is 1. The minimum atomic E-state index is -0.239. The van der Waals surface area contributed by atoms with E-state index in [2.05, 4.69) is 17.1 Å². The Hall–Kier alpha value is -0.610. The minimum absolute atomic E-state index is 0.151. The summed E-state index contributed by atoms with van der Waals surface area (Å²) in [7, 11) is 0. The molecule has 2 saturated carbocycles. The SMILES string of the molecule is CCC1NC2(CCCC2)C(=O)N1C1CCC(O)CC1. The molecule has 4 nitrogen and oxygen atoms in total. The maximum atomic E-state index is 12.9. The van der Waals surface area contributed by atoms with Gasteiger partial charge in [-0.25, -0.2) is 0 Å². The highest BCUT2D eigenvalue weighted by Crippen LogP contribution is 2.39. The number of nitrogens with one attached hydrogen (secondary N) is 1. The number of rotatable bonds is 2. The lowest BCUT2D eigenvalue weighted by Gasteiger charge is -2.36. The molecule has 2 aliphatic carbocycles. The van der Waals surface area contributed by atoms with Crippen molar-refractivity contribution in [3.8, 4) is 0 Å². The fraction of sp³-hybridized carbons (Fsp3) is 0.933. The van der Waals surface area contributed by atoms with Crippen LogP contribution in [-0.2, 0) is 4.79 Å². The Bertz CT molecular complexity index is 344. The monoisotopic (exact) mass is 266 g/mol. The Morgan fingerprint density at radius 2 is 1.89 bits per heavy atom. The van der Waals surface area contributed by atoms with Gasteiger partial charge < -0.3 is 10.0 Å². The van der Waals surface area contributed by atoms with Crippen molar-refractivity contribution in [1.29, 1.82) is 0 Å². The van der Waals surface area contributed by atoms with E-state index in [1.165, 1.54) is 12.8 Å². The Balaban J connectivity index is 1.77. The number of aliphatic hydroxyl groups excluding tert-OH is 1. The van der Waals surface area contributed by atoms with Crippen LogP contribution < -0.4 is 5.32 Å². The molecule has 1 spiro atoms. The smallest absolute Gasteiger partial charge is 0.244 e. The van der Waals surface area contributed by atoms with Crippen molar-refractivity contribution in [1.82, 2.24) is 10.2 Å². The molecule has 1 saturated heterocycles. The van der Waals surface area contributed by atoms with Crippen molar-refractivity contribution in [2.24, 2.45) is 0 Å². The number of carbonyl (C=O) groups is 1. The van der Waals surface area contributed by atoms with Crippen molar-refractivity contribution in [3.63, 3.8) is 0 Å². The molecule has 1 unspecified atom stereocenters. The van der Waals surface area contributed by atoms with Crippen LogP contribution >= 0.6 is 0 Å². The van der Waals surface area contributed by atoms with Crippen LogP contribution in [-0.4, -0.2) is 39.8 Å². The maximum absolute atomic E-state index is 12.9. The molecule has 1 amide bonds. The lowest BCUT2D eigenvalue weighted by atomic mass is 9.90. The molecule has 0 aromatic carbocycles. The van der Waals surface area contributed by atoms with Gasteiger partial charge in [0.2, 0.25) is 5.91 Å². The Labute approximate surface area is 115 Å². The summed E-state index contributed by atoms with van der Waals surface area (Å²) in [6.45, 7) is 2.16. The van der Waals surface area contributed by atoms with Gasteiger partial charge in [-0.3, -0.25) is 10.1 Å². The normalized spacial score (nSPS) is 38.3. The fourth-order valence-corrected chi connectivity index (χ4v) is 4.23. The largest absolute Gasteiger partial charge is 0.393 e. The van der Waals surface area contributed by atoms with Gasteiger partial charge in [-0.05, 0) is 44.9 Å². The van der Waals surface area contributed by atoms with Crippen LogP contribution in [0.15, 0.2) is 0 Å². The zero-order chi connectivity index (χ0) is 13.5. The summed E-state index contributed by atoms with van der Waals surface area (Å²) >= 11 is 0. The first-order valence-electron chi connectivity index (χ1n) is 7.95. The average Bonchev–Trinajstić information content (AvgIpc) is 2.99. The molecule has 2 N–H and O–H groups in total. The Morgan fingerprint density at radius 1 is 1.26 bits per heavy atom. The van der Waals surface area contributed by atoms with Gasteiger partial charge in [0.25, 0.3) is 0 Å². The molecule has 108 valence electrons. The molecule has 3 fully saturated rings. The molecular weight excluding hydrogens is 240 g/mol. The van der Waals surface area contributed by atoms with E-state index in [4.69, 9.17) is 0 Å². The van der Waals surface area contributed by atoms with Crippen molar-refractivity contribution in [3.05, 3.63) is 0 Å². The molecule has 0 bridgehead atoms. The quantitative estimate of drug-likeness (QED) is 0.801. The predicted molar refractivity (Wildman–Crippen MR) is 73.5 cm³/mol. The van der Waals surface area contributed by atoms with E-state index in [1.54, 1.807) is 0 Å². The minimum Gasteiger partial charge on any atom is -0.393 e. The van der Waals surface area contributed by atoms with Crippen molar-refractivity contribution >= 4 is 5.91 Å². The number of aliphatic hydroxyl groups is 1. The second kappa shape index (κ2) is 5.06. The third-order valence-corrected chi connectivity index (χ3v) is 5.33. The van der Waals surface area contributed by atoms with Gasteiger partial charge >= 0.3 is 0 Å². The second-order valence-electron chi connectivity index (χ2n) is 6.53. The molecule has 1 atom stereocenters. The number of hydrogen-bond acceptors (Lipinski definition) is 3. The topological polar surface area (TPSA) is 52.6 Å². The van der Waals surface area contributed by atoms with Crippen molar-refractivity contribution in [2.45, 2.75) is 88.6 Å². The zero-order valence-corrected chi connectivity index (χ0v) is 11.9. The van der Waals surface area contributed by atoms with Gasteiger partial charge in [0.1, 0.15) is 0 Å². The fourth-order valence-electron chi connectivity index (χ4n) is 4.23. The van der Waals surface area contributed by atoms with Crippen LogP contribution in [0.2, 0.25) is 0 Å². The number of hydrogen-bond donors (Lipinski definition) is 2. The van der Waals surface area contributed by atoms with Crippen molar-refractivity contribution < 1.29 is 9.90 Å². The summed E-state index contributed by atoms with van der Waals surface area (Å²) in [4.78, 5) is 15.0. The first-order chi connectivity index (χ1) is 9.16. The van der Waals surface area contributed by atoms with E-state index in [0.717, 1.165) is 44.9 Å². The van der Waals surface area contributed by atoms with Gasteiger partial charge in [0.15, 0.2) is 0 Å². The van der Waals surface area contributed by atoms with Gasteiger partial charge in [-0.15, -0.1) is 0 Å². The molecule has 19 heavy (non-hydrogen) atoms. The third-order valence-electron chi connectivity index (χ3n) is 5.33. The summed E-state index contributed by atoms with van der Waals surface area (Å²) in [5.74, 6) is 0.346. The second-order valence-corrected chi connectivity index (χ2v) is 6.53. The van der Waals surface area contributed by atoms with Gasteiger partial charge in [0.05, 0.1) is 17.8 Å². The van der Waals surface area contributed by atoms with Crippen LogP contribution in [0.25, 0.3) is 0 Å². The standard InChI is InChI=1S/C15H26N2O2/c1-2-13-16-15(9-3-4-10-15)14(19)17(13)11-5-7-12(18)8-6-11/h11-13,16,18H,2-10H2,1H3. The molecule has 0 aromatic rings. The summed E-state index contributed by atoms with van der Waals surface area (Å²) in [5, 5.41) is 13.3. The molecular formula is C15H26N2O2. The third kappa shape index (κ3) is 2.19. The lowest BCUT2D eigenvalue weighted by Crippen LogP contribution is -2.47. The summed E-state index contributed by atoms with van der Waals surface area (Å²) in [5.41, 5.74) is -0.239. The summed E-state index contributed by atoms with van der Waals surface area (Å²) in [6, 6.07) is 0.341. The highest BCUT2D eigenvalue weighted by Gasteiger charge is 2.53. The van der Waals surface area contributed by atoms with E-state index in [0.29, 0.717) is 11.9 Å². The molecule has 1 aliphatic heterocycles. The first kappa shape index (κ1) is 13.4. The van der Waals surface area contributed by atoms with Gasteiger partial charge in [-0.1, -0.05) is 19.8 Å². The van der Waals surface area contributed by atoms with E-state index in [9.17, 15) is 9.90 Å². The molecule has 0 radical (unpaired) electrons. The molecule has 0 aromatic heterocycles. The van der Waals surface area contributed by atoms with E-state index < -0.39 is 0 Å². The highest BCUT2D eigenvalue weighted by atomic mass is 16.3. The molecule has 3 rings (SSSR count). The highest BCUT2D eigenvalue weighted by molar-refractivity contribution is 5.89. The van der Waals surface area contributed by atoms with Gasteiger partial charge in [0, 0.05) is 6.04 Å².